The molecular formula is C15H17Br2N3O3. The predicted octanol–water partition coefficient (Wildman–Crippen LogP) is 3.21. The van der Waals surface area contributed by atoms with Crippen LogP contribution in [0.3, 0.4) is 0 Å². The fraction of sp³-hybridized carbons (Fsp3) is 0.333. The second-order valence-electron chi connectivity index (χ2n) is 5.65. The van der Waals surface area contributed by atoms with Gasteiger partial charge in [-0.3, -0.25) is 9.69 Å². The molecule has 0 radical (unpaired) electrons. The minimum absolute atomic E-state index is 0.0356. The van der Waals surface area contributed by atoms with Crippen LogP contribution >= 0.6 is 31.9 Å². The highest BCUT2D eigenvalue weighted by Crippen LogP contribution is 2.35. The number of ether oxygens (including phenoxy) is 1. The number of benzene rings is 1. The van der Waals surface area contributed by atoms with Gasteiger partial charge in [0.1, 0.15) is 11.4 Å². The second kappa shape index (κ2) is 6.52. The van der Waals surface area contributed by atoms with E-state index in [1.165, 1.54) is 4.90 Å². The number of carbonyl (C=O) groups excluding carboxylic acids is 1. The molecule has 6 nitrogen and oxygen atoms in total. The number of hydrogen-bond acceptors (Lipinski definition) is 5. The number of hydrogen-bond donors (Lipinski definition) is 3. The standard InChI is InChI=1S/C15H17Br2N3O3/c1-15(2)7-20(13(19-3)11(6-18)23-15)14(22)8-4-9(16)12(21)10(17)5-8/h4-6,18-19,21H,7H2,1-3H3. The number of nitrogens with zero attached hydrogens (tertiary/aromatic N) is 1. The zero-order valence-electron chi connectivity index (χ0n) is 12.9. The molecule has 23 heavy (non-hydrogen) atoms. The number of nitrogens with one attached hydrogen (secondary N) is 2. The molecule has 0 spiro atoms. The molecular weight excluding hydrogens is 430 g/mol. The zero-order chi connectivity index (χ0) is 17.4. The summed E-state index contributed by atoms with van der Waals surface area (Å²) in [6, 6.07) is 3.12. The van der Waals surface area contributed by atoms with Crippen molar-refractivity contribution in [3.05, 3.63) is 38.2 Å². The van der Waals surface area contributed by atoms with Crippen LogP contribution in [0.4, 0.5) is 0 Å². The molecule has 0 bridgehead atoms. The van der Waals surface area contributed by atoms with Crippen LogP contribution in [0, 0.1) is 5.41 Å². The Labute approximate surface area is 151 Å². The topological polar surface area (TPSA) is 85.7 Å². The zero-order valence-corrected chi connectivity index (χ0v) is 16.1. The molecule has 124 valence electrons. The van der Waals surface area contributed by atoms with Crippen molar-refractivity contribution in [2.24, 2.45) is 0 Å². The number of amides is 1. The lowest BCUT2D eigenvalue weighted by molar-refractivity contribution is -0.00761. The largest absolute Gasteiger partial charge is 0.506 e. The van der Waals surface area contributed by atoms with Gasteiger partial charge in [0, 0.05) is 12.6 Å². The third-order valence-corrected chi connectivity index (χ3v) is 4.51. The number of phenolic OH excluding ortho intramolecular Hbond substituents is 1. The Morgan fingerprint density at radius 2 is 2.00 bits per heavy atom. The smallest absolute Gasteiger partial charge is 0.259 e. The summed E-state index contributed by atoms with van der Waals surface area (Å²) in [6.45, 7) is 4.03. The molecule has 1 aliphatic heterocycles. The van der Waals surface area contributed by atoms with Crippen LogP contribution in [-0.2, 0) is 4.74 Å². The fourth-order valence-electron chi connectivity index (χ4n) is 2.35. The number of phenols is 1. The normalized spacial score (nSPS) is 16.8. The van der Waals surface area contributed by atoms with E-state index >= 15 is 0 Å². The minimum atomic E-state index is -0.617. The summed E-state index contributed by atoms with van der Waals surface area (Å²) in [7, 11) is 1.67. The third-order valence-electron chi connectivity index (χ3n) is 3.31. The highest BCUT2D eigenvalue weighted by Gasteiger charge is 2.36. The maximum absolute atomic E-state index is 12.9. The predicted molar refractivity (Wildman–Crippen MR) is 94.6 cm³/mol. The van der Waals surface area contributed by atoms with E-state index in [4.69, 9.17) is 10.1 Å². The van der Waals surface area contributed by atoms with E-state index in [1.54, 1.807) is 19.2 Å². The Balaban J connectivity index is 2.50. The minimum Gasteiger partial charge on any atom is -0.506 e. The van der Waals surface area contributed by atoms with Crippen molar-refractivity contribution in [2.75, 3.05) is 13.6 Å². The summed E-state index contributed by atoms with van der Waals surface area (Å²) < 4.78 is 6.57. The van der Waals surface area contributed by atoms with Crippen molar-refractivity contribution < 1.29 is 14.6 Å². The molecule has 1 aromatic rings. The molecule has 1 heterocycles. The molecule has 0 aliphatic carbocycles. The van der Waals surface area contributed by atoms with Gasteiger partial charge in [-0.15, -0.1) is 0 Å². The summed E-state index contributed by atoms with van der Waals surface area (Å²) in [4.78, 5) is 14.5. The van der Waals surface area contributed by atoms with E-state index in [1.807, 2.05) is 13.8 Å². The molecule has 0 saturated heterocycles. The molecule has 0 aromatic heterocycles. The van der Waals surface area contributed by atoms with Crippen molar-refractivity contribution in [1.29, 1.82) is 5.41 Å². The lowest BCUT2D eigenvalue weighted by atomic mass is 10.1. The number of rotatable bonds is 3. The van der Waals surface area contributed by atoms with Crippen molar-refractivity contribution in [3.8, 4) is 5.75 Å². The Morgan fingerprint density at radius 3 is 2.48 bits per heavy atom. The van der Waals surface area contributed by atoms with Crippen LogP contribution in [0.1, 0.15) is 24.2 Å². The third kappa shape index (κ3) is 3.53. The van der Waals surface area contributed by atoms with Crippen molar-refractivity contribution in [2.45, 2.75) is 19.4 Å². The second-order valence-corrected chi connectivity index (χ2v) is 7.36. The Bertz CT molecular complexity index is 678. The average Bonchev–Trinajstić information content (AvgIpc) is 2.49. The first-order chi connectivity index (χ1) is 10.7. The van der Waals surface area contributed by atoms with Gasteiger partial charge in [0.15, 0.2) is 11.6 Å². The molecule has 0 saturated carbocycles. The van der Waals surface area contributed by atoms with Crippen molar-refractivity contribution in [3.63, 3.8) is 0 Å². The van der Waals surface area contributed by atoms with Gasteiger partial charge >= 0.3 is 0 Å². The van der Waals surface area contributed by atoms with Crippen LogP contribution in [-0.4, -0.2) is 41.3 Å². The number of allylic oxidation sites excluding steroid dienone is 1. The SMILES string of the molecule is CNC1=C(C=N)OC(C)(C)CN1C(=O)c1cc(Br)c(O)c(Br)c1. The van der Waals surface area contributed by atoms with E-state index in [2.05, 4.69) is 37.2 Å². The van der Waals surface area contributed by atoms with Gasteiger partial charge in [-0.25, -0.2) is 0 Å². The summed E-state index contributed by atoms with van der Waals surface area (Å²) >= 11 is 6.46. The van der Waals surface area contributed by atoms with Gasteiger partial charge in [0.2, 0.25) is 0 Å². The van der Waals surface area contributed by atoms with Crippen LogP contribution < -0.4 is 5.32 Å². The average molecular weight is 447 g/mol. The molecule has 1 aromatic carbocycles. The Morgan fingerprint density at radius 1 is 1.43 bits per heavy atom. The van der Waals surface area contributed by atoms with Gasteiger partial charge in [-0.05, 0) is 57.8 Å². The molecule has 0 fully saturated rings. The highest BCUT2D eigenvalue weighted by molar-refractivity contribution is 9.11. The van der Waals surface area contributed by atoms with E-state index in [0.717, 1.165) is 6.21 Å². The Kier molecular flexibility index (Phi) is 5.05. The molecule has 3 N–H and O–H groups in total. The van der Waals surface area contributed by atoms with E-state index < -0.39 is 5.60 Å². The maximum Gasteiger partial charge on any atom is 0.259 e. The van der Waals surface area contributed by atoms with E-state index in [9.17, 15) is 9.90 Å². The molecule has 8 heteroatoms. The van der Waals surface area contributed by atoms with Gasteiger partial charge in [0.25, 0.3) is 5.91 Å². The molecule has 2 rings (SSSR count). The summed E-state index contributed by atoms with van der Waals surface area (Å²) in [6.07, 6.45) is 1.08. The van der Waals surface area contributed by atoms with Gasteiger partial charge in [-0.2, -0.15) is 0 Å². The van der Waals surface area contributed by atoms with Crippen molar-refractivity contribution in [1.82, 2.24) is 10.2 Å². The number of halogens is 2. The summed E-state index contributed by atoms with van der Waals surface area (Å²) in [5.41, 5.74) is -0.217. The lowest BCUT2D eigenvalue weighted by Gasteiger charge is -2.40. The Hall–Kier alpha value is -1.54. The molecule has 1 amide bonds. The van der Waals surface area contributed by atoms with Crippen LogP contribution in [0.15, 0.2) is 32.7 Å². The van der Waals surface area contributed by atoms with Crippen molar-refractivity contribution >= 4 is 44.0 Å². The molecule has 0 atom stereocenters. The highest BCUT2D eigenvalue weighted by atomic mass is 79.9. The lowest BCUT2D eigenvalue weighted by Crippen LogP contribution is -2.50. The summed E-state index contributed by atoms with van der Waals surface area (Å²) in [5.74, 6) is 0.513. The number of aromatic hydroxyl groups is 1. The summed E-state index contributed by atoms with van der Waals surface area (Å²) in [5, 5.41) is 20.2. The first-order valence-corrected chi connectivity index (χ1v) is 8.40. The quantitative estimate of drug-likeness (QED) is 0.622. The molecule has 1 aliphatic rings. The van der Waals surface area contributed by atoms with E-state index in [0.29, 0.717) is 32.6 Å². The number of carbonyl (C=O) groups is 1. The molecule has 0 unspecified atom stereocenters. The monoisotopic (exact) mass is 445 g/mol. The van der Waals surface area contributed by atoms with Gasteiger partial charge in [-0.1, -0.05) is 0 Å². The van der Waals surface area contributed by atoms with Gasteiger partial charge < -0.3 is 20.6 Å². The van der Waals surface area contributed by atoms with Crippen LogP contribution in [0.2, 0.25) is 0 Å². The first-order valence-electron chi connectivity index (χ1n) is 6.81. The van der Waals surface area contributed by atoms with Crippen LogP contribution in [0.5, 0.6) is 5.75 Å². The van der Waals surface area contributed by atoms with Crippen LogP contribution in [0.25, 0.3) is 0 Å². The van der Waals surface area contributed by atoms with Gasteiger partial charge in [0.05, 0.1) is 21.7 Å². The van der Waals surface area contributed by atoms with E-state index in [-0.39, 0.29) is 11.7 Å². The maximum atomic E-state index is 12.9. The fourth-order valence-corrected chi connectivity index (χ4v) is 3.53. The first kappa shape index (κ1) is 17.8.